The van der Waals surface area contributed by atoms with Gasteiger partial charge in [0.2, 0.25) is 5.82 Å². The SMILES string of the molecule is COc1ccc(Cn2cccc2CN2CCc3nc(C(F)(F)F)[nH]c(=O)c3C2)cc1. The third-order valence-corrected chi connectivity index (χ3v) is 5.24. The molecular weight excluding hydrogens is 397 g/mol. The van der Waals surface area contributed by atoms with Crippen molar-refractivity contribution < 1.29 is 17.9 Å². The molecule has 1 aliphatic rings. The van der Waals surface area contributed by atoms with E-state index in [4.69, 9.17) is 4.74 Å². The van der Waals surface area contributed by atoms with Crippen LogP contribution in [0, 0.1) is 0 Å². The summed E-state index contributed by atoms with van der Waals surface area (Å²) in [7, 11) is 1.63. The van der Waals surface area contributed by atoms with Crippen molar-refractivity contribution in [3.05, 3.63) is 81.3 Å². The van der Waals surface area contributed by atoms with Crippen molar-refractivity contribution in [2.75, 3.05) is 13.7 Å². The molecule has 2 aromatic heterocycles. The summed E-state index contributed by atoms with van der Waals surface area (Å²) in [6, 6.07) is 11.8. The van der Waals surface area contributed by atoms with Gasteiger partial charge < -0.3 is 14.3 Å². The maximum absolute atomic E-state index is 12.9. The van der Waals surface area contributed by atoms with Crippen LogP contribution in [0.1, 0.15) is 28.3 Å². The Labute approximate surface area is 170 Å². The maximum Gasteiger partial charge on any atom is 0.449 e. The smallest absolute Gasteiger partial charge is 0.449 e. The molecule has 0 unspecified atom stereocenters. The summed E-state index contributed by atoms with van der Waals surface area (Å²) in [5.74, 6) is -0.431. The van der Waals surface area contributed by atoms with Gasteiger partial charge in [-0.3, -0.25) is 9.69 Å². The zero-order valence-electron chi connectivity index (χ0n) is 16.4. The third-order valence-electron chi connectivity index (χ3n) is 5.24. The van der Waals surface area contributed by atoms with Gasteiger partial charge in [0, 0.05) is 44.5 Å². The van der Waals surface area contributed by atoms with E-state index in [1.807, 2.05) is 52.5 Å². The lowest BCUT2D eigenvalue weighted by Crippen LogP contribution is -2.37. The standard InChI is InChI=1S/C21H21F3N4O2/c1-30-16-6-4-14(5-7-16)11-28-9-2-3-15(28)12-27-10-8-18-17(13-27)19(29)26-20(25-18)21(22,23)24/h2-7,9H,8,10-13H2,1H3,(H,25,26,29). The van der Waals surface area contributed by atoms with E-state index in [2.05, 4.69) is 9.55 Å². The minimum Gasteiger partial charge on any atom is -0.497 e. The van der Waals surface area contributed by atoms with Crippen LogP contribution < -0.4 is 10.3 Å². The number of nitrogens with one attached hydrogen (secondary N) is 1. The van der Waals surface area contributed by atoms with Gasteiger partial charge in [-0.2, -0.15) is 13.2 Å². The molecule has 0 fully saturated rings. The number of rotatable bonds is 5. The number of benzene rings is 1. The number of methoxy groups -OCH3 is 1. The van der Waals surface area contributed by atoms with Gasteiger partial charge >= 0.3 is 6.18 Å². The molecule has 1 aromatic carbocycles. The second kappa shape index (κ2) is 7.98. The summed E-state index contributed by atoms with van der Waals surface area (Å²) in [4.78, 5) is 19.8. The Hall–Kier alpha value is -3.07. The first-order chi connectivity index (χ1) is 14.3. The van der Waals surface area contributed by atoms with E-state index in [0.29, 0.717) is 31.6 Å². The average molecular weight is 418 g/mol. The van der Waals surface area contributed by atoms with Crippen LogP contribution in [0.5, 0.6) is 5.75 Å². The van der Waals surface area contributed by atoms with Crippen LogP contribution in [0.4, 0.5) is 13.2 Å². The van der Waals surface area contributed by atoms with Crippen LogP contribution in [0.15, 0.2) is 47.4 Å². The lowest BCUT2D eigenvalue weighted by molar-refractivity contribution is -0.145. The molecule has 0 radical (unpaired) electrons. The van der Waals surface area contributed by atoms with E-state index in [1.54, 1.807) is 7.11 Å². The number of aromatic amines is 1. The Morgan fingerprint density at radius 2 is 1.93 bits per heavy atom. The molecule has 9 heteroatoms. The summed E-state index contributed by atoms with van der Waals surface area (Å²) in [5, 5.41) is 0. The normalized spacial score (nSPS) is 14.5. The van der Waals surface area contributed by atoms with E-state index < -0.39 is 17.6 Å². The number of halogens is 3. The minimum absolute atomic E-state index is 0.232. The molecule has 0 saturated carbocycles. The first kappa shape index (κ1) is 20.2. The van der Waals surface area contributed by atoms with Crippen molar-refractivity contribution in [2.24, 2.45) is 0 Å². The van der Waals surface area contributed by atoms with Crippen LogP contribution in [0.3, 0.4) is 0 Å². The van der Waals surface area contributed by atoms with E-state index in [0.717, 1.165) is 17.0 Å². The summed E-state index contributed by atoms with van der Waals surface area (Å²) in [6.45, 7) is 2.08. The van der Waals surface area contributed by atoms with Crippen molar-refractivity contribution in [3.8, 4) is 5.75 Å². The number of nitrogens with zero attached hydrogens (tertiary/aromatic N) is 3. The van der Waals surface area contributed by atoms with Crippen LogP contribution >= 0.6 is 0 Å². The Bertz CT molecular complexity index is 1090. The fourth-order valence-corrected chi connectivity index (χ4v) is 3.65. The predicted molar refractivity (Wildman–Crippen MR) is 104 cm³/mol. The van der Waals surface area contributed by atoms with Gasteiger partial charge in [0.05, 0.1) is 18.4 Å². The molecule has 0 saturated heterocycles. The molecule has 1 N–H and O–H groups in total. The topological polar surface area (TPSA) is 63.1 Å². The van der Waals surface area contributed by atoms with Crippen LogP contribution in [0.25, 0.3) is 0 Å². The maximum atomic E-state index is 12.9. The van der Waals surface area contributed by atoms with Crippen molar-refractivity contribution in [1.29, 1.82) is 0 Å². The molecule has 158 valence electrons. The highest BCUT2D eigenvalue weighted by molar-refractivity contribution is 5.28. The molecule has 0 aliphatic carbocycles. The lowest BCUT2D eigenvalue weighted by atomic mass is 10.1. The second-order valence-electron chi connectivity index (χ2n) is 7.27. The largest absolute Gasteiger partial charge is 0.497 e. The van der Waals surface area contributed by atoms with Gasteiger partial charge in [-0.15, -0.1) is 0 Å². The number of H-pyrrole nitrogens is 1. The Kier molecular flexibility index (Phi) is 5.38. The predicted octanol–water partition coefficient (Wildman–Crippen LogP) is 3.21. The van der Waals surface area contributed by atoms with E-state index in [9.17, 15) is 18.0 Å². The van der Waals surface area contributed by atoms with Crippen LogP contribution in [-0.2, 0) is 32.2 Å². The molecule has 0 bridgehead atoms. The highest BCUT2D eigenvalue weighted by atomic mass is 19.4. The fourth-order valence-electron chi connectivity index (χ4n) is 3.65. The first-order valence-electron chi connectivity index (χ1n) is 9.52. The minimum atomic E-state index is -4.66. The summed E-state index contributed by atoms with van der Waals surface area (Å²) in [5.41, 5.74) is 2.01. The Morgan fingerprint density at radius 3 is 2.63 bits per heavy atom. The summed E-state index contributed by atoms with van der Waals surface area (Å²) >= 11 is 0. The van der Waals surface area contributed by atoms with E-state index in [1.165, 1.54) is 0 Å². The molecular formula is C21H21F3N4O2. The molecule has 0 atom stereocenters. The molecule has 0 amide bonds. The highest BCUT2D eigenvalue weighted by Gasteiger charge is 2.36. The highest BCUT2D eigenvalue weighted by Crippen LogP contribution is 2.27. The van der Waals surface area contributed by atoms with Crippen molar-refractivity contribution >= 4 is 0 Å². The van der Waals surface area contributed by atoms with Crippen LogP contribution in [-0.4, -0.2) is 33.1 Å². The third kappa shape index (κ3) is 4.25. The fraction of sp³-hybridized carbons (Fsp3) is 0.333. The van der Waals surface area contributed by atoms with E-state index in [-0.39, 0.29) is 12.2 Å². The number of alkyl halides is 3. The molecule has 6 nitrogen and oxygen atoms in total. The van der Waals surface area contributed by atoms with E-state index >= 15 is 0 Å². The molecule has 4 rings (SSSR count). The van der Waals surface area contributed by atoms with Gasteiger partial charge in [-0.1, -0.05) is 12.1 Å². The summed E-state index contributed by atoms with van der Waals surface area (Å²) in [6.07, 6.45) is -2.36. The zero-order valence-corrected chi connectivity index (χ0v) is 16.4. The molecule has 0 spiro atoms. The summed E-state index contributed by atoms with van der Waals surface area (Å²) < 4.78 is 45.9. The molecule has 3 aromatic rings. The van der Waals surface area contributed by atoms with Gasteiger partial charge in [-0.05, 0) is 29.8 Å². The number of fused-ring (bicyclic) bond motifs is 1. The van der Waals surface area contributed by atoms with Crippen molar-refractivity contribution in [2.45, 2.75) is 32.2 Å². The second-order valence-corrected chi connectivity index (χ2v) is 7.27. The molecule has 3 heterocycles. The average Bonchev–Trinajstić information content (AvgIpc) is 3.14. The monoisotopic (exact) mass is 418 g/mol. The van der Waals surface area contributed by atoms with Crippen molar-refractivity contribution in [1.82, 2.24) is 19.4 Å². The zero-order chi connectivity index (χ0) is 21.3. The van der Waals surface area contributed by atoms with Gasteiger partial charge in [0.15, 0.2) is 0 Å². The first-order valence-corrected chi connectivity index (χ1v) is 9.52. The van der Waals surface area contributed by atoms with Gasteiger partial charge in [0.25, 0.3) is 5.56 Å². The molecule has 30 heavy (non-hydrogen) atoms. The number of aromatic nitrogens is 3. The lowest BCUT2D eigenvalue weighted by Gasteiger charge is -2.28. The number of hydrogen-bond acceptors (Lipinski definition) is 4. The quantitative estimate of drug-likeness (QED) is 0.691. The number of hydrogen-bond donors (Lipinski definition) is 1. The van der Waals surface area contributed by atoms with Gasteiger partial charge in [0.1, 0.15) is 5.75 Å². The molecule has 1 aliphatic heterocycles. The Morgan fingerprint density at radius 1 is 1.17 bits per heavy atom. The van der Waals surface area contributed by atoms with Crippen LogP contribution in [0.2, 0.25) is 0 Å². The van der Waals surface area contributed by atoms with Crippen molar-refractivity contribution in [3.63, 3.8) is 0 Å². The van der Waals surface area contributed by atoms with Gasteiger partial charge in [-0.25, -0.2) is 4.98 Å². The Balaban J connectivity index is 1.48. The number of ether oxygens (including phenoxy) is 1.